The Morgan fingerprint density at radius 2 is 2.13 bits per heavy atom. The Labute approximate surface area is 147 Å². The van der Waals surface area contributed by atoms with Gasteiger partial charge < -0.3 is 9.64 Å². The maximum Gasteiger partial charge on any atom is 0.256 e. The zero-order chi connectivity index (χ0) is 16.2. The fourth-order valence-corrected chi connectivity index (χ4v) is 3.40. The SMILES string of the molecule is CSc1ncccc1C(=O)N1CC[C@H](Oc2ncccc2Br)C1. The maximum absolute atomic E-state index is 12.7. The molecule has 2 aromatic heterocycles. The molecule has 5 nitrogen and oxygen atoms in total. The van der Waals surface area contributed by atoms with Crippen LogP contribution in [0.25, 0.3) is 0 Å². The Balaban J connectivity index is 1.68. The van der Waals surface area contributed by atoms with Gasteiger partial charge in [-0.3, -0.25) is 4.79 Å². The van der Waals surface area contributed by atoms with E-state index >= 15 is 0 Å². The number of rotatable bonds is 4. The third kappa shape index (κ3) is 3.67. The summed E-state index contributed by atoms with van der Waals surface area (Å²) < 4.78 is 6.73. The van der Waals surface area contributed by atoms with Gasteiger partial charge in [-0.15, -0.1) is 11.8 Å². The number of thioether (sulfide) groups is 1. The van der Waals surface area contributed by atoms with E-state index in [2.05, 4.69) is 25.9 Å². The first-order valence-electron chi connectivity index (χ1n) is 7.24. The molecular weight excluding hydrogens is 378 g/mol. The van der Waals surface area contributed by atoms with Crippen molar-refractivity contribution in [2.45, 2.75) is 17.6 Å². The third-order valence-corrected chi connectivity index (χ3v) is 4.95. The van der Waals surface area contributed by atoms with Gasteiger partial charge >= 0.3 is 0 Å². The van der Waals surface area contributed by atoms with E-state index in [0.29, 0.717) is 24.5 Å². The van der Waals surface area contributed by atoms with Crippen LogP contribution < -0.4 is 4.74 Å². The molecule has 120 valence electrons. The van der Waals surface area contributed by atoms with Crippen molar-refractivity contribution in [3.63, 3.8) is 0 Å². The van der Waals surface area contributed by atoms with E-state index < -0.39 is 0 Å². The Bertz CT molecular complexity index is 713. The summed E-state index contributed by atoms with van der Waals surface area (Å²) in [5.74, 6) is 0.576. The van der Waals surface area contributed by atoms with Crippen molar-refractivity contribution in [1.29, 1.82) is 0 Å². The average molecular weight is 394 g/mol. The lowest BCUT2D eigenvalue weighted by molar-refractivity contribution is 0.0766. The van der Waals surface area contributed by atoms with E-state index in [-0.39, 0.29) is 12.0 Å². The Kier molecular flexibility index (Phi) is 5.17. The molecule has 0 saturated carbocycles. The maximum atomic E-state index is 12.7. The Morgan fingerprint density at radius 3 is 2.91 bits per heavy atom. The molecule has 7 heteroatoms. The standard InChI is InChI=1S/C16H16BrN3O2S/c1-23-15-12(4-2-8-19-15)16(21)20-9-6-11(10-20)22-14-13(17)5-3-7-18-14/h2-5,7-8,11H,6,9-10H2,1H3/t11-/m0/s1. The lowest BCUT2D eigenvalue weighted by Crippen LogP contribution is -2.31. The van der Waals surface area contributed by atoms with Crippen LogP contribution in [0.2, 0.25) is 0 Å². The first kappa shape index (κ1) is 16.3. The van der Waals surface area contributed by atoms with Crippen molar-refractivity contribution in [2.75, 3.05) is 19.3 Å². The van der Waals surface area contributed by atoms with Crippen LogP contribution in [0.15, 0.2) is 46.2 Å². The monoisotopic (exact) mass is 393 g/mol. The van der Waals surface area contributed by atoms with Crippen LogP contribution in [0.3, 0.4) is 0 Å². The quantitative estimate of drug-likeness (QED) is 0.746. The second-order valence-electron chi connectivity index (χ2n) is 5.13. The molecule has 0 N–H and O–H groups in total. The number of amides is 1. The number of hydrogen-bond donors (Lipinski definition) is 0. The van der Waals surface area contributed by atoms with Gasteiger partial charge in [0, 0.05) is 25.4 Å². The molecular formula is C16H16BrN3O2S. The van der Waals surface area contributed by atoms with Crippen LogP contribution in [-0.2, 0) is 0 Å². The minimum absolute atomic E-state index is 0.00800. The smallest absolute Gasteiger partial charge is 0.256 e. The Hall–Kier alpha value is -1.60. The lowest BCUT2D eigenvalue weighted by Gasteiger charge is -2.18. The molecule has 3 heterocycles. The van der Waals surface area contributed by atoms with Crippen LogP contribution >= 0.6 is 27.7 Å². The van der Waals surface area contributed by atoms with E-state index in [1.165, 1.54) is 11.8 Å². The molecule has 1 saturated heterocycles. The van der Waals surface area contributed by atoms with Crippen molar-refractivity contribution in [1.82, 2.24) is 14.9 Å². The van der Waals surface area contributed by atoms with E-state index in [0.717, 1.165) is 15.9 Å². The molecule has 1 aliphatic heterocycles. The van der Waals surface area contributed by atoms with Gasteiger partial charge in [0.2, 0.25) is 5.88 Å². The number of likely N-dealkylation sites (tertiary alicyclic amines) is 1. The van der Waals surface area contributed by atoms with Crippen LogP contribution in [0.4, 0.5) is 0 Å². The fourth-order valence-electron chi connectivity index (χ4n) is 2.51. The van der Waals surface area contributed by atoms with Crippen molar-refractivity contribution >= 4 is 33.6 Å². The highest BCUT2D eigenvalue weighted by atomic mass is 79.9. The molecule has 1 aliphatic rings. The van der Waals surface area contributed by atoms with Crippen LogP contribution in [-0.4, -0.2) is 46.2 Å². The van der Waals surface area contributed by atoms with Crippen molar-refractivity contribution < 1.29 is 9.53 Å². The second-order valence-corrected chi connectivity index (χ2v) is 6.78. The number of halogens is 1. The van der Waals surface area contributed by atoms with Gasteiger partial charge in [-0.25, -0.2) is 9.97 Å². The number of ether oxygens (including phenoxy) is 1. The highest BCUT2D eigenvalue weighted by Gasteiger charge is 2.30. The highest BCUT2D eigenvalue weighted by molar-refractivity contribution is 9.10. The molecule has 1 amide bonds. The van der Waals surface area contributed by atoms with Crippen LogP contribution in [0.5, 0.6) is 5.88 Å². The van der Waals surface area contributed by atoms with Gasteiger partial charge in [0.05, 0.1) is 16.6 Å². The summed E-state index contributed by atoms with van der Waals surface area (Å²) in [7, 11) is 0. The number of nitrogens with zero attached hydrogens (tertiary/aromatic N) is 3. The number of carbonyl (C=O) groups is 1. The van der Waals surface area contributed by atoms with Gasteiger partial charge in [-0.05, 0) is 46.5 Å². The molecule has 23 heavy (non-hydrogen) atoms. The minimum Gasteiger partial charge on any atom is -0.472 e. The normalized spacial score (nSPS) is 17.3. The van der Waals surface area contributed by atoms with E-state index in [9.17, 15) is 4.79 Å². The lowest BCUT2D eigenvalue weighted by atomic mass is 10.2. The highest BCUT2D eigenvalue weighted by Crippen LogP contribution is 2.26. The van der Waals surface area contributed by atoms with Gasteiger partial charge in [-0.2, -0.15) is 0 Å². The fraction of sp³-hybridized carbons (Fsp3) is 0.312. The zero-order valence-corrected chi connectivity index (χ0v) is 15.0. The molecule has 0 spiro atoms. The predicted molar refractivity (Wildman–Crippen MR) is 92.9 cm³/mol. The molecule has 1 fully saturated rings. The minimum atomic E-state index is -0.0421. The number of pyridine rings is 2. The van der Waals surface area contributed by atoms with Crippen molar-refractivity contribution in [3.05, 3.63) is 46.7 Å². The first-order chi connectivity index (χ1) is 11.2. The Morgan fingerprint density at radius 1 is 1.35 bits per heavy atom. The van der Waals surface area contributed by atoms with Crippen LogP contribution in [0.1, 0.15) is 16.8 Å². The van der Waals surface area contributed by atoms with Gasteiger partial charge in [0.15, 0.2) is 0 Å². The van der Waals surface area contributed by atoms with E-state index in [4.69, 9.17) is 4.74 Å². The predicted octanol–water partition coefficient (Wildman–Crippen LogP) is 3.25. The summed E-state index contributed by atoms with van der Waals surface area (Å²) in [5.41, 5.74) is 0.652. The molecule has 0 bridgehead atoms. The number of aromatic nitrogens is 2. The molecule has 1 atom stereocenters. The summed E-state index contributed by atoms with van der Waals surface area (Å²) in [6.45, 7) is 1.24. The summed E-state index contributed by atoms with van der Waals surface area (Å²) >= 11 is 4.91. The molecule has 0 unspecified atom stereocenters. The van der Waals surface area contributed by atoms with Crippen LogP contribution in [0, 0.1) is 0 Å². The molecule has 2 aromatic rings. The van der Waals surface area contributed by atoms with Gasteiger partial charge in [0.25, 0.3) is 5.91 Å². The molecule has 3 rings (SSSR count). The van der Waals surface area contributed by atoms with Gasteiger partial charge in [-0.1, -0.05) is 0 Å². The summed E-state index contributed by atoms with van der Waals surface area (Å²) in [6.07, 6.45) is 6.08. The second kappa shape index (κ2) is 7.31. The first-order valence-corrected chi connectivity index (χ1v) is 9.26. The zero-order valence-electron chi connectivity index (χ0n) is 12.6. The van der Waals surface area contributed by atoms with E-state index in [1.54, 1.807) is 18.5 Å². The average Bonchev–Trinajstić information content (AvgIpc) is 3.05. The molecule has 0 radical (unpaired) electrons. The number of carbonyl (C=O) groups excluding carboxylic acids is 1. The number of hydrogen-bond acceptors (Lipinski definition) is 5. The topological polar surface area (TPSA) is 55.3 Å². The summed E-state index contributed by atoms with van der Waals surface area (Å²) in [5, 5.41) is 0.759. The van der Waals surface area contributed by atoms with E-state index in [1.807, 2.05) is 29.4 Å². The summed E-state index contributed by atoms with van der Waals surface area (Å²) in [4.78, 5) is 23.0. The summed E-state index contributed by atoms with van der Waals surface area (Å²) in [6, 6.07) is 7.35. The van der Waals surface area contributed by atoms with Gasteiger partial charge in [0.1, 0.15) is 11.1 Å². The third-order valence-electron chi connectivity index (χ3n) is 3.63. The molecule has 0 aromatic carbocycles. The largest absolute Gasteiger partial charge is 0.472 e. The van der Waals surface area contributed by atoms with Crippen molar-refractivity contribution in [2.24, 2.45) is 0 Å². The van der Waals surface area contributed by atoms with Crippen molar-refractivity contribution in [3.8, 4) is 5.88 Å². The molecule has 0 aliphatic carbocycles.